The second kappa shape index (κ2) is 7.11. The van der Waals surface area contributed by atoms with Crippen LogP contribution in [0.25, 0.3) is 21.9 Å². The molecule has 0 radical (unpaired) electrons. The van der Waals surface area contributed by atoms with E-state index in [4.69, 9.17) is 23.4 Å². The van der Waals surface area contributed by atoms with Crippen molar-refractivity contribution in [2.75, 3.05) is 13.4 Å². The summed E-state index contributed by atoms with van der Waals surface area (Å²) in [6.45, 7) is -0.741. The van der Waals surface area contributed by atoms with Crippen LogP contribution in [0.4, 0.5) is 0 Å². The molecule has 10 heteroatoms. The summed E-state index contributed by atoms with van der Waals surface area (Å²) >= 11 is 0. The van der Waals surface area contributed by atoms with Crippen molar-refractivity contribution in [1.29, 1.82) is 0 Å². The molecule has 2 aliphatic heterocycles. The van der Waals surface area contributed by atoms with Crippen LogP contribution in [0, 0.1) is 0 Å². The first-order chi connectivity index (χ1) is 14.5. The Morgan fingerprint density at radius 3 is 2.63 bits per heavy atom. The van der Waals surface area contributed by atoms with E-state index in [0.29, 0.717) is 11.0 Å². The lowest BCUT2D eigenvalue weighted by atomic mass is 9.99. The molecule has 0 bridgehead atoms. The standard InChI is InChI=1S/C20H18O10/c21-6-12-15(23)16(24)17(25)20(29-12)30-19-13-10(5-11-18(19)27-7-26-11)28-9-4-2-1-3-8(9)14(13)22/h1-5,12,15-17,20-21,23-25H,6-7H2/t12-,15-,16+,17-,20+/m1/s1. The number of hydrogen-bond donors (Lipinski definition) is 4. The third-order valence-electron chi connectivity index (χ3n) is 5.24. The molecule has 1 fully saturated rings. The van der Waals surface area contributed by atoms with Gasteiger partial charge in [-0.25, -0.2) is 0 Å². The SMILES string of the molecule is O=c1c2ccccc2oc2cc3c(c(O[C@@H]4O[C@H](CO)[C@@H](O)[C@H](O)[C@H]4O)c12)OCO3. The van der Waals surface area contributed by atoms with Crippen molar-refractivity contribution in [1.82, 2.24) is 0 Å². The Balaban J connectivity index is 1.68. The summed E-state index contributed by atoms with van der Waals surface area (Å²) in [5.41, 5.74) is 0.139. The number of aliphatic hydroxyl groups is 4. The number of fused-ring (bicyclic) bond motifs is 3. The van der Waals surface area contributed by atoms with Crippen LogP contribution < -0.4 is 19.6 Å². The predicted octanol–water partition coefficient (Wildman–Crippen LogP) is -0.146. The van der Waals surface area contributed by atoms with E-state index in [1.807, 2.05) is 0 Å². The number of aliphatic hydroxyl groups excluding tert-OH is 4. The number of para-hydroxylation sites is 1. The Labute approximate surface area is 168 Å². The minimum Gasteiger partial charge on any atom is -0.457 e. The Morgan fingerprint density at radius 1 is 1.03 bits per heavy atom. The first-order valence-electron chi connectivity index (χ1n) is 9.25. The van der Waals surface area contributed by atoms with Crippen molar-refractivity contribution in [3.8, 4) is 17.2 Å². The molecule has 5 atom stereocenters. The summed E-state index contributed by atoms with van der Waals surface area (Å²) in [5.74, 6) is 0.284. The summed E-state index contributed by atoms with van der Waals surface area (Å²) in [7, 11) is 0. The smallest absolute Gasteiger partial charge is 0.231 e. The van der Waals surface area contributed by atoms with Crippen molar-refractivity contribution in [3.05, 3.63) is 40.6 Å². The van der Waals surface area contributed by atoms with E-state index in [1.165, 1.54) is 6.07 Å². The molecule has 158 valence electrons. The van der Waals surface area contributed by atoms with E-state index in [0.717, 1.165) is 0 Å². The van der Waals surface area contributed by atoms with Crippen LogP contribution in [0.3, 0.4) is 0 Å². The average molecular weight is 418 g/mol. The number of rotatable bonds is 3. The normalized spacial score (nSPS) is 28.2. The lowest BCUT2D eigenvalue weighted by Crippen LogP contribution is -2.60. The summed E-state index contributed by atoms with van der Waals surface area (Å²) in [5, 5.41) is 40.1. The Morgan fingerprint density at radius 2 is 1.83 bits per heavy atom. The van der Waals surface area contributed by atoms with Crippen LogP contribution in [0.2, 0.25) is 0 Å². The Hall–Kier alpha value is -2.89. The van der Waals surface area contributed by atoms with E-state index in [1.54, 1.807) is 24.3 Å². The summed E-state index contributed by atoms with van der Waals surface area (Å²) in [4.78, 5) is 13.2. The molecular formula is C20H18O10. The first kappa shape index (κ1) is 19.1. The maximum Gasteiger partial charge on any atom is 0.231 e. The minimum atomic E-state index is -1.66. The van der Waals surface area contributed by atoms with Gasteiger partial charge >= 0.3 is 0 Å². The molecule has 2 aliphatic rings. The van der Waals surface area contributed by atoms with Gasteiger partial charge < -0.3 is 43.8 Å². The fraction of sp³-hybridized carbons (Fsp3) is 0.350. The van der Waals surface area contributed by atoms with Crippen LogP contribution in [0.5, 0.6) is 17.2 Å². The maximum absolute atomic E-state index is 13.2. The van der Waals surface area contributed by atoms with Gasteiger partial charge in [0.05, 0.1) is 12.0 Å². The number of benzene rings is 2. The van der Waals surface area contributed by atoms with Gasteiger partial charge in [0.2, 0.25) is 24.3 Å². The van der Waals surface area contributed by atoms with E-state index in [2.05, 4.69) is 0 Å². The van der Waals surface area contributed by atoms with E-state index in [-0.39, 0.29) is 35.0 Å². The lowest BCUT2D eigenvalue weighted by Gasteiger charge is -2.39. The molecule has 0 amide bonds. The molecular weight excluding hydrogens is 400 g/mol. The molecule has 0 saturated carbocycles. The zero-order valence-corrected chi connectivity index (χ0v) is 15.4. The molecule has 0 unspecified atom stereocenters. The van der Waals surface area contributed by atoms with Gasteiger partial charge in [-0.1, -0.05) is 12.1 Å². The highest BCUT2D eigenvalue weighted by atomic mass is 16.7. The summed E-state index contributed by atoms with van der Waals surface area (Å²) in [6, 6.07) is 8.18. The molecule has 10 nitrogen and oxygen atoms in total. The number of hydrogen-bond acceptors (Lipinski definition) is 10. The van der Waals surface area contributed by atoms with Crippen LogP contribution in [-0.4, -0.2) is 64.5 Å². The average Bonchev–Trinajstić information content (AvgIpc) is 3.22. The zero-order chi connectivity index (χ0) is 21.0. The fourth-order valence-corrected chi connectivity index (χ4v) is 3.68. The highest BCUT2D eigenvalue weighted by Crippen LogP contribution is 2.46. The molecule has 4 N–H and O–H groups in total. The van der Waals surface area contributed by atoms with Gasteiger partial charge in [0.15, 0.2) is 11.5 Å². The van der Waals surface area contributed by atoms with Crippen LogP contribution in [0.1, 0.15) is 0 Å². The topological polar surface area (TPSA) is 148 Å². The van der Waals surface area contributed by atoms with Gasteiger partial charge in [0, 0.05) is 6.07 Å². The van der Waals surface area contributed by atoms with E-state index in [9.17, 15) is 25.2 Å². The highest BCUT2D eigenvalue weighted by Gasteiger charge is 2.45. The highest BCUT2D eigenvalue weighted by molar-refractivity contribution is 5.96. The first-order valence-corrected chi connectivity index (χ1v) is 9.25. The van der Waals surface area contributed by atoms with E-state index < -0.39 is 42.7 Å². The second-order valence-corrected chi connectivity index (χ2v) is 7.06. The van der Waals surface area contributed by atoms with Crippen LogP contribution in [0.15, 0.2) is 39.5 Å². The fourth-order valence-electron chi connectivity index (χ4n) is 3.68. The second-order valence-electron chi connectivity index (χ2n) is 7.06. The third-order valence-corrected chi connectivity index (χ3v) is 5.24. The van der Waals surface area contributed by atoms with Crippen molar-refractivity contribution in [2.45, 2.75) is 30.7 Å². The molecule has 1 saturated heterocycles. The molecule has 3 heterocycles. The lowest BCUT2D eigenvalue weighted by molar-refractivity contribution is -0.277. The monoisotopic (exact) mass is 418 g/mol. The van der Waals surface area contributed by atoms with Gasteiger partial charge in [-0.05, 0) is 12.1 Å². The van der Waals surface area contributed by atoms with E-state index >= 15 is 0 Å². The van der Waals surface area contributed by atoms with Crippen LogP contribution >= 0.6 is 0 Å². The molecule has 1 aromatic heterocycles. The van der Waals surface area contributed by atoms with Crippen molar-refractivity contribution >= 4 is 21.9 Å². The van der Waals surface area contributed by atoms with Gasteiger partial charge in [0.25, 0.3) is 0 Å². The van der Waals surface area contributed by atoms with Gasteiger partial charge in [-0.15, -0.1) is 0 Å². The van der Waals surface area contributed by atoms with Gasteiger partial charge in [0.1, 0.15) is 41.0 Å². The quantitative estimate of drug-likeness (QED) is 0.423. The Bertz CT molecular complexity index is 1170. The predicted molar refractivity (Wildman–Crippen MR) is 101 cm³/mol. The van der Waals surface area contributed by atoms with Crippen LogP contribution in [-0.2, 0) is 4.74 Å². The summed E-state index contributed by atoms with van der Waals surface area (Å²) in [6.07, 6.45) is -7.53. The molecule has 3 aromatic rings. The molecule has 0 spiro atoms. The summed E-state index contributed by atoms with van der Waals surface area (Å²) < 4.78 is 27.9. The molecule has 2 aromatic carbocycles. The molecule has 0 aliphatic carbocycles. The third kappa shape index (κ3) is 2.81. The van der Waals surface area contributed by atoms with Gasteiger partial charge in [-0.3, -0.25) is 4.79 Å². The van der Waals surface area contributed by atoms with Crippen molar-refractivity contribution in [3.63, 3.8) is 0 Å². The molecule has 30 heavy (non-hydrogen) atoms. The molecule has 5 rings (SSSR count). The van der Waals surface area contributed by atoms with Crippen molar-refractivity contribution in [2.24, 2.45) is 0 Å². The zero-order valence-electron chi connectivity index (χ0n) is 15.4. The Kier molecular flexibility index (Phi) is 4.53. The van der Waals surface area contributed by atoms with Gasteiger partial charge in [-0.2, -0.15) is 0 Å². The maximum atomic E-state index is 13.2. The van der Waals surface area contributed by atoms with Crippen molar-refractivity contribution < 1.29 is 43.8 Å². The largest absolute Gasteiger partial charge is 0.457 e. The minimum absolute atomic E-state index is 0.0370. The number of ether oxygens (including phenoxy) is 4.